The summed E-state index contributed by atoms with van der Waals surface area (Å²) in [5, 5.41) is 4.21. The van der Waals surface area contributed by atoms with Gasteiger partial charge in [-0.25, -0.2) is 5.32 Å². The molecule has 0 N–H and O–H groups in total. The van der Waals surface area contributed by atoms with Crippen LogP contribution in [0.4, 0.5) is 0 Å². The number of benzene rings is 1. The number of nitrogens with zero attached hydrogens (tertiary/aromatic N) is 2. The van der Waals surface area contributed by atoms with E-state index in [0.29, 0.717) is 0 Å². The number of carbonyl (C=O) groups excluding carboxylic acids is 1. The van der Waals surface area contributed by atoms with E-state index in [1.165, 1.54) is 0 Å². The molecule has 83 valence electrons. The van der Waals surface area contributed by atoms with Crippen molar-refractivity contribution in [3.8, 4) is 0 Å². The SMILES string of the molecule is O=C(/C=C/c1ccccc1)N1CC[N]CC1. The normalized spacial score (nSPS) is 16.6. The smallest absolute Gasteiger partial charge is 0.246 e. The first-order valence-corrected chi connectivity index (χ1v) is 5.51. The van der Waals surface area contributed by atoms with E-state index in [0.717, 1.165) is 31.7 Å². The van der Waals surface area contributed by atoms with Crippen LogP contribution in [0, 0.1) is 0 Å². The molecule has 0 bridgehead atoms. The molecule has 1 heterocycles. The molecule has 1 amide bonds. The van der Waals surface area contributed by atoms with Gasteiger partial charge in [-0.05, 0) is 11.6 Å². The highest BCUT2D eigenvalue weighted by molar-refractivity contribution is 5.91. The quantitative estimate of drug-likeness (QED) is 0.681. The summed E-state index contributed by atoms with van der Waals surface area (Å²) >= 11 is 0. The van der Waals surface area contributed by atoms with Gasteiger partial charge in [0.25, 0.3) is 0 Å². The van der Waals surface area contributed by atoms with Gasteiger partial charge in [0, 0.05) is 32.3 Å². The zero-order valence-corrected chi connectivity index (χ0v) is 9.17. The topological polar surface area (TPSA) is 34.4 Å². The Labute approximate surface area is 95.8 Å². The van der Waals surface area contributed by atoms with E-state index in [1.807, 2.05) is 41.3 Å². The third-order valence-electron chi connectivity index (χ3n) is 2.59. The molecule has 1 aromatic rings. The maximum Gasteiger partial charge on any atom is 0.246 e. The van der Waals surface area contributed by atoms with Crippen LogP contribution in [-0.4, -0.2) is 37.0 Å². The third kappa shape index (κ3) is 2.94. The number of rotatable bonds is 2. The predicted molar refractivity (Wildman–Crippen MR) is 63.9 cm³/mol. The molecular formula is C13H15N2O. The summed E-state index contributed by atoms with van der Waals surface area (Å²) in [5.41, 5.74) is 1.05. The lowest BCUT2D eigenvalue weighted by atomic mass is 10.2. The molecule has 3 heteroatoms. The minimum Gasteiger partial charge on any atom is -0.336 e. The fourth-order valence-corrected chi connectivity index (χ4v) is 1.66. The summed E-state index contributed by atoms with van der Waals surface area (Å²) in [6, 6.07) is 9.85. The lowest BCUT2D eigenvalue weighted by Gasteiger charge is -2.25. The average molecular weight is 215 g/mol. The standard InChI is InChI=1S/C13H15N2O/c16-13(15-10-8-14-9-11-15)7-6-12-4-2-1-3-5-12/h1-7H,8-11H2/b7-6+. The van der Waals surface area contributed by atoms with Crippen molar-refractivity contribution in [2.24, 2.45) is 0 Å². The Morgan fingerprint density at radius 2 is 1.88 bits per heavy atom. The number of hydrogen-bond donors (Lipinski definition) is 0. The van der Waals surface area contributed by atoms with Gasteiger partial charge in [-0.3, -0.25) is 4.79 Å². The summed E-state index contributed by atoms with van der Waals surface area (Å²) in [6.45, 7) is 3.03. The second kappa shape index (κ2) is 5.47. The largest absolute Gasteiger partial charge is 0.336 e. The molecule has 1 aliphatic rings. The van der Waals surface area contributed by atoms with Crippen molar-refractivity contribution in [3.63, 3.8) is 0 Å². The van der Waals surface area contributed by atoms with Crippen molar-refractivity contribution >= 4 is 12.0 Å². The van der Waals surface area contributed by atoms with Crippen molar-refractivity contribution in [2.75, 3.05) is 26.2 Å². The van der Waals surface area contributed by atoms with Crippen LogP contribution in [0.1, 0.15) is 5.56 Å². The summed E-state index contributed by atoms with van der Waals surface area (Å²) in [4.78, 5) is 13.6. The molecule has 1 saturated heterocycles. The van der Waals surface area contributed by atoms with E-state index in [2.05, 4.69) is 5.32 Å². The van der Waals surface area contributed by atoms with Crippen molar-refractivity contribution in [3.05, 3.63) is 42.0 Å². The fourth-order valence-electron chi connectivity index (χ4n) is 1.66. The van der Waals surface area contributed by atoms with Gasteiger partial charge in [-0.2, -0.15) is 0 Å². The Balaban J connectivity index is 1.93. The Morgan fingerprint density at radius 1 is 1.19 bits per heavy atom. The van der Waals surface area contributed by atoms with Crippen LogP contribution in [0.3, 0.4) is 0 Å². The second-order valence-electron chi connectivity index (χ2n) is 3.74. The van der Waals surface area contributed by atoms with E-state index in [9.17, 15) is 4.79 Å². The van der Waals surface area contributed by atoms with Crippen LogP contribution in [0.15, 0.2) is 36.4 Å². The first-order chi connectivity index (χ1) is 7.86. The molecule has 2 rings (SSSR count). The van der Waals surface area contributed by atoms with Crippen LogP contribution in [0.25, 0.3) is 6.08 Å². The molecule has 1 aliphatic heterocycles. The van der Waals surface area contributed by atoms with Crippen molar-refractivity contribution < 1.29 is 4.79 Å². The Bertz CT molecular complexity index is 367. The summed E-state index contributed by atoms with van der Waals surface area (Å²) in [7, 11) is 0. The zero-order valence-electron chi connectivity index (χ0n) is 9.17. The van der Waals surface area contributed by atoms with Gasteiger partial charge >= 0.3 is 0 Å². The number of hydrogen-bond acceptors (Lipinski definition) is 1. The molecule has 0 unspecified atom stereocenters. The first-order valence-electron chi connectivity index (χ1n) is 5.51. The molecule has 0 aliphatic carbocycles. The maximum atomic E-state index is 11.8. The minimum absolute atomic E-state index is 0.0822. The molecule has 3 nitrogen and oxygen atoms in total. The highest BCUT2D eigenvalue weighted by atomic mass is 16.2. The lowest BCUT2D eigenvalue weighted by Crippen LogP contribution is -2.43. The van der Waals surface area contributed by atoms with Gasteiger partial charge in [-0.1, -0.05) is 30.3 Å². The monoisotopic (exact) mass is 215 g/mol. The van der Waals surface area contributed by atoms with Crippen LogP contribution in [-0.2, 0) is 4.79 Å². The molecule has 16 heavy (non-hydrogen) atoms. The van der Waals surface area contributed by atoms with Gasteiger partial charge in [0.2, 0.25) is 5.91 Å². The summed E-state index contributed by atoms with van der Waals surface area (Å²) in [5.74, 6) is 0.0822. The average Bonchev–Trinajstić information content (AvgIpc) is 2.38. The van der Waals surface area contributed by atoms with E-state index in [4.69, 9.17) is 0 Å². The van der Waals surface area contributed by atoms with E-state index >= 15 is 0 Å². The second-order valence-corrected chi connectivity index (χ2v) is 3.74. The van der Waals surface area contributed by atoms with Crippen molar-refractivity contribution in [1.82, 2.24) is 10.2 Å². The molecule has 1 fully saturated rings. The molecule has 0 aromatic heterocycles. The molecule has 0 saturated carbocycles. The molecular weight excluding hydrogens is 200 g/mol. The van der Waals surface area contributed by atoms with Crippen LogP contribution < -0.4 is 5.32 Å². The number of carbonyl (C=O) groups is 1. The van der Waals surface area contributed by atoms with E-state index < -0.39 is 0 Å². The molecule has 0 atom stereocenters. The highest BCUT2D eigenvalue weighted by Crippen LogP contribution is 2.02. The molecule has 0 spiro atoms. The maximum absolute atomic E-state index is 11.8. The fraction of sp³-hybridized carbons (Fsp3) is 0.308. The first kappa shape index (κ1) is 10.9. The zero-order chi connectivity index (χ0) is 11.2. The van der Waals surface area contributed by atoms with Crippen LogP contribution in [0.2, 0.25) is 0 Å². The van der Waals surface area contributed by atoms with Gasteiger partial charge in [0.05, 0.1) is 0 Å². The Morgan fingerprint density at radius 3 is 2.56 bits per heavy atom. The van der Waals surface area contributed by atoms with Gasteiger partial charge < -0.3 is 4.90 Å². The minimum atomic E-state index is 0.0822. The third-order valence-corrected chi connectivity index (χ3v) is 2.59. The molecule has 1 aromatic carbocycles. The van der Waals surface area contributed by atoms with Crippen molar-refractivity contribution in [1.29, 1.82) is 0 Å². The number of amides is 1. The van der Waals surface area contributed by atoms with Crippen molar-refractivity contribution in [2.45, 2.75) is 0 Å². The van der Waals surface area contributed by atoms with Gasteiger partial charge in [0.15, 0.2) is 0 Å². The summed E-state index contributed by atoms with van der Waals surface area (Å²) < 4.78 is 0. The Hall–Kier alpha value is -1.61. The number of piperazine rings is 1. The van der Waals surface area contributed by atoms with Gasteiger partial charge in [-0.15, -0.1) is 0 Å². The lowest BCUT2D eigenvalue weighted by molar-refractivity contribution is -0.126. The van der Waals surface area contributed by atoms with Crippen LogP contribution in [0.5, 0.6) is 0 Å². The van der Waals surface area contributed by atoms with Crippen LogP contribution >= 0.6 is 0 Å². The predicted octanol–water partition coefficient (Wildman–Crippen LogP) is 1.15. The van der Waals surface area contributed by atoms with E-state index in [-0.39, 0.29) is 5.91 Å². The Kier molecular flexibility index (Phi) is 3.72. The highest BCUT2D eigenvalue weighted by Gasteiger charge is 2.13. The molecule has 1 radical (unpaired) electrons. The van der Waals surface area contributed by atoms with Gasteiger partial charge in [0.1, 0.15) is 0 Å². The van der Waals surface area contributed by atoms with E-state index in [1.54, 1.807) is 6.08 Å². The summed E-state index contributed by atoms with van der Waals surface area (Å²) in [6.07, 6.45) is 3.49.